The third-order valence-corrected chi connectivity index (χ3v) is 5.97. The highest BCUT2D eigenvalue weighted by atomic mass is 19.1. The second-order valence-corrected chi connectivity index (χ2v) is 7.72. The lowest BCUT2D eigenvalue weighted by Crippen LogP contribution is -2.60. The number of carbonyl (C=O) groups excluding carboxylic acids is 1. The van der Waals surface area contributed by atoms with Gasteiger partial charge < -0.3 is 9.64 Å². The number of rotatable bonds is 6. The Morgan fingerprint density at radius 2 is 2.07 bits per heavy atom. The van der Waals surface area contributed by atoms with E-state index in [1.807, 2.05) is 23.4 Å². The van der Waals surface area contributed by atoms with Crippen molar-refractivity contribution in [2.24, 2.45) is 0 Å². The molecule has 0 saturated carbocycles. The van der Waals surface area contributed by atoms with Crippen LogP contribution in [-0.2, 0) is 16.1 Å². The molecule has 6 nitrogen and oxygen atoms in total. The van der Waals surface area contributed by atoms with E-state index < -0.39 is 5.54 Å². The van der Waals surface area contributed by atoms with Crippen LogP contribution in [0.5, 0.6) is 0 Å². The lowest BCUT2D eigenvalue weighted by molar-refractivity contribution is -0.148. The van der Waals surface area contributed by atoms with E-state index in [4.69, 9.17) is 4.74 Å². The van der Waals surface area contributed by atoms with Gasteiger partial charge >= 0.3 is 0 Å². The van der Waals surface area contributed by atoms with Gasteiger partial charge in [0.1, 0.15) is 11.4 Å². The second-order valence-electron chi connectivity index (χ2n) is 7.72. The van der Waals surface area contributed by atoms with Gasteiger partial charge in [-0.3, -0.25) is 9.69 Å². The molecule has 0 aliphatic carbocycles. The molecular formula is C21H27FN4O2. The summed E-state index contributed by atoms with van der Waals surface area (Å²) in [5.74, 6) is -0.0391. The molecule has 1 aromatic carbocycles. The number of halogens is 1. The number of likely N-dealkylation sites (tertiary alicyclic amines) is 2. The van der Waals surface area contributed by atoms with Crippen molar-refractivity contribution in [3.8, 4) is 5.69 Å². The van der Waals surface area contributed by atoms with E-state index in [1.54, 1.807) is 17.9 Å². The fourth-order valence-electron chi connectivity index (χ4n) is 4.59. The van der Waals surface area contributed by atoms with Crippen LogP contribution in [0.1, 0.15) is 31.2 Å². The van der Waals surface area contributed by atoms with Crippen LogP contribution in [-0.4, -0.2) is 64.4 Å². The van der Waals surface area contributed by atoms with Crippen LogP contribution in [0.25, 0.3) is 5.69 Å². The van der Waals surface area contributed by atoms with Crippen molar-refractivity contribution in [1.82, 2.24) is 19.6 Å². The number of amides is 1. The molecule has 3 heterocycles. The van der Waals surface area contributed by atoms with Crippen LogP contribution in [0.2, 0.25) is 0 Å². The molecule has 28 heavy (non-hydrogen) atoms. The average Bonchev–Trinajstić information content (AvgIpc) is 3.32. The van der Waals surface area contributed by atoms with Gasteiger partial charge in [-0.1, -0.05) is 6.07 Å². The number of benzene rings is 1. The Hall–Kier alpha value is -2.25. The Morgan fingerprint density at radius 1 is 1.25 bits per heavy atom. The molecule has 2 saturated heterocycles. The number of aromatic nitrogens is 2. The first-order valence-electron chi connectivity index (χ1n) is 9.95. The Morgan fingerprint density at radius 3 is 2.86 bits per heavy atom. The molecule has 0 N–H and O–H groups in total. The average molecular weight is 386 g/mol. The van der Waals surface area contributed by atoms with Gasteiger partial charge in [0, 0.05) is 38.5 Å². The van der Waals surface area contributed by atoms with Gasteiger partial charge in [-0.2, -0.15) is 5.10 Å². The molecule has 2 aromatic rings. The molecule has 2 fully saturated rings. The molecule has 2 aliphatic rings. The third-order valence-electron chi connectivity index (χ3n) is 5.97. The minimum atomic E-state index is -0.396. The van der Waals surface area contributed by atoms with Gasteiger partial charge in [-0.25, -0.2) is 9.07 Å². The van der Waals surface area contributed by atoms with Crippen molar-refractivity contribution in [2.45, 2.75) is 37.8 Å². The number of methoxy groups -OCH3 is 1. The van der Waals surface area contributed by atoms with Crippen LogP contribution < -0.4 is 0 Å². The minimum absolute atomic E-state index is 0.242. The maximum Gasteiger partial charge on any atom is 0.243 e. The quantitative estimate of drug-likeness (QED) is 0.766. The van der Waals surface area contributed by atoms with Crippen molar-refractivity contribution in [1.29, 1.82) is 0 Å². The molecule has 0 radical (unpaired) electrons. The number of hydrogen-bond acceptors (Lipinski definition) is 4. The van der Waals surface area contributed by atoms with Crippen LogP contribution in [0.15, 0.2) is 36.7 Å². The summed E-state index contributed by atoms with van der Waals surface area (Å²) >= 11 is 0. The van der Waals surface area contributed by atoms with E-state index in [1.165, 1.54) is 12.1 Å². The van der Waals surface area contributed by atoms with Gasteiger partial charge in [0.2, 0.25) is 5.91 Å². The molecule has 0 bridgehead atoms. The van der Waals surface area contributed by atoms with E-state index >= 15 is 0 Å². The maximum atomic E-state index is 13.5. The summed E-state index contributed by atoms with van der Waals surface area (Å²) in [6.07, 6.45) is 7.61. The molecule has 7 heteroatoms. The van der Waals surface area contributed by atoms with Crippen molar-refractivity contribution in [2.75, 3.05) is 33.4 Å². The van der Waals surface area contributed by atoms with Crippen LogP contribution in [0.3, 0.4) is 0 Å². The van der Waals surface area contributed by atoms with Crippen LogP contribution in [0.4, 0.5) is 4.39 Å². The summed E-state index contributed by atoms with van der Waals surface area (Å²) in [6, 6.07) is 6.39. The van der Waals surface area contributed by atoms with Gasteiger partial charge in [-0.05, 0) is 50.4 Å². The van der Waals surface area contributed by atoms with E-state index in [0.717, 1.165) is 44.3 Å². The molecule has 1 spiro atoms. The highest BCUT2D eigenvalue weighted by Crippen LogP contribution is 2.39. The van der Waals surface area contributed by atoms with E-state index in [-0.39, 0.29) is 11.7 Å². The number of carbonyl (C=O) groups is 1. The first kappa shape index (κ1) is 19.1. The lowest BCUT2D eigenvalue weighted by Gasteiger charge is -2.44. The smallest absolute Gasteiger partial charge is 0.243 e. The van der Waals surface area contributed by atoms with Crippen molar-refractivity contribution < 1.29 is 13.9 Å². The summed E-state index contributed by atoms with van der Waals surface area (Å²) in [5, 5.41) is 4.39. The minimum Gasteiger partial charge on any atom is -0.383 e. The third kappa shape index (κ3) is 3.56. The Bertz CT molecular complexity index is 839. The number of piperidine rings is 1. The fourth-order valence-corrected chi connectivity index (χ4v) is 4.59. The summed E-state index contributed by atoms with van der Waals surface area (Å²) in [6.45, 7) is 3.63. The predicted molar refractivity (Wildman–Crippen MR) is 104 cm³/mol. The monoisotopic (exact) mass is 386 g/mol. The van der Waals surface area contributed by atoms with Gasteiger partial charge in [0.25, 0.3) is 0 Å². The molecule has 1 aromatic heterocycles. The highest BCUT2D eigenvalue weighted by molar-refractivity contribution is 5.87. The van der Waals surface area contributed by atoms with Gasteiger partial charge in [0.05, 0.1) is 18.5 Å². The zero-order valence-electron chi connectivity index (χ0n) is 16.3. The highest BCUT2D eigenvalue weighted by Gasteiger charge is 2.50. The first-order chi connectivity index (χ1) is 13.6. The largest absolute Gasteiger partial charge is 0.383 e. The molecule has 4 rings (SSSR count). The normalized spacial score (nSPS) is 23.1. The van der Waals surface area contributed by atoms with Crippen molar-refractivity contribution >= 4 is 5.91 Å². The summed E-state index contributed by atoms with van der Waals surface area (Å²) < 4.78 is 20.4. The molecule has 150 valence electrons. The number of nitrogens with zero attached hydrogens (tertiary/aromatic N) is 4. The molecule has 1 atom stereocenters. The summed E-state index contributed by atoms with van der Waals surface area (Å²) in [7, 11) is 1.67. The summed E-state index contributed by atoms with van der Waals surface area (Å²) in [5.41, 5.74) is 1.33. The summed E-state index contributed by atoms with van der Waals surface area (Å²) in [4.78, 5) is 17.6. The van der Waals surface area contributed by atoms with E-state index in [2.05, 4.69) is 10.00 Å². The van der Waals surface area contributed by atoms with Crippen LogP contribution >= 0.6 is 0 Å². The zero-order chi connectivity index (χ0) is 19.6. The SMILES string of the molecule is COCCN1CCCC2(CCCN2Cc2cnn(-c3cccc(F)c3)c2)C1=O. The van der Waals surface area contributed by atoms with Crippen LogP contribution in [0, 0.1) is 5.82 Å². The van der Waals surface area contributed by atoms with Gasteiger partial charge in [-0.15, -0.1) is 0 Å². The topological polar surface area (TPSA) is 50.6 Å². The van der Waals surface area contributed by atoms with E-state index in [0.29, 0.717) is 25.4 Å². The maximum absolute atomic E-state index is 13.5. The standard InChI is InChI=1S/C21H27FN4O2/c1-28-12-11-24-9-3-7-21(20(24)27)8-4-10-25(21)15-17-14-23-26(16-17)19-6-2-5-18(22)13-19/h2,5-6,13-14,16H,3-4,7-12,15H2,1H3. The second kappa shape index (κ2) is 8.01. The lowest BCUT2D eigenvalue weighted by atomic mass is 9.85. The van der Waals surface area contributed by atoms with Crippen molar-refractivity contribution in [3.05, 3.63) is 48.0 Å². The van der Waals surface area contributed by atoms with Crippen molar-refractivity contribution in [3.63, 3.8) is 0 Å². The number of ether oxygens (including phenoxy) is 1. The fraction of sp³-hybridized carbons (Fsp3) is 0.524. The Labute approximate surface area is 164 Å². The predicted octanol–water partition coefficient (Wildman–Crippen LogP) is 2.61. The van der Waals surface area contributed by atoms with E-state index in [9.17, 15) is 9.18 Å². The Kier molecular flexibility index (Phi) is 5.46. The first-order valence-corrected chi connectivity index (χ1v) is 9.95. The number of hydrogen-bond donors (Lipinski definition) is 0. The molecule has 2 aliphatic heterocycles. The molecule has 1 amide bonds. The zero-order valence-corrected chi connectivity index (χ0v) is 16.3. The molecular weight excluding hydrogens is 359 g/mol. The van der Waals surface area contributed by atoms with Gasteiger partial charge in [0.15, 0.2) is 0 Å². The Balaban J connectivity index is 1.51. The molecule has 1 unspecified atom stereocenters.